The average molecular weight is 147 g/mol. The van der Waals surface area contributed by atoms with Gasteiger partial charge in [0.2, 0.25) is 0 Å². The fourth-order valence-electron chi connectivity index (χ4n) is 0. The molecule has 0 saturated carbocycles. The lowest BCUT2D eigenvalue weighted by molar-refractivity contribution is 0.824. The number of halogens is 2. The van der Waals surface area contributed by atoms with Crippen LogP contribution in [0.1, 0.15) is 20.8 Å². The Bertz CT molecular complexity index is 14.4. The van der Waals surface area contributed by atoms with Gasteiger partial charge >= 0.3 is 0 Å². The maximum atomic E-state index is 5.04. The van der Waals surface area contributed by atoms with Crippen molar-refractivity contribution < 1.29 is 5.48 Å². The highest BCUT2D eigenvalue weighted by Gasteiger charge is 1.75. The summed E-state index contributed by atoms with van der Waals surface area (Å²) in [5.74, 6) is 0. The highest BCUT2D eigenvalue weighted by atomic mass is 35.5. The van der Waals surface area contributed by atoms with Crippen molar-refractivity contribution in [1.82, 2.24) is 0 Å². The van der Waals surface area contributed by atoms with Crippen molar-refractivity contribution in [1.29, 1.82) is 0 Å². The Morgan fingerprint density at radius 3 is 1.14 bits per heavy atom. The number of hydrogen-bond acceptors (Lipinski definition) is 0. The first kappa shape index (κ1) is 15.6. The molecule has 0 fully saturated rings. The molecular formula is C4H12Cl2O. The van der Waals surface area contributed by atoms with Gasteiger partial charge in [-0.2, -0.15) is 0 Å². The number of rotatable bonds is 0. The van der Waals surface area contributed by atoms with Crippen LogP contribution in [-0.4, -0.2) is 10.3 Å². The third kappa shape index (κ3) is 462. The normalized spacial score (nSPS) is 6.00. The predicted molar refractivity (Wildman–Crippen MR) is 36.1 cm³/mol. The molecule has 2 N–H and O–H groups in total. The lowest BCUT2D eigenvalue weighted by atomic mass is 11.0. The van der Waals surface area contributed by atoms with Crippen molar-refractivity contribution in [3.05, 3.63) is 0 Å². The molecular weight excluding hydrogens is 135 g/mol. The molecule has 0 aromatic heterocycles. The summed E-state index contributed by atoms with van der Waals surface area (Å²) in [6.45, 7) is 5.70. The van der Waals surface area contributed by atoms with Gasteiger partial charge in [-0.25, -0.2) is 0 Å². The summed E-state index contributed by atoms with van der Waals surface area (Å²) >= 11 is 10.1. The van der Waals surface area contributed by atoms with Gasteiger partial charge in [-0.3, -0.25) is 0 Å². The zero-order valence-electron chi connectivity index (χ0n) is 4.83. The minimum Gasteiger partial charge on any atom is -0.412 e. The Balaban J connectivity index is -0.0000000480. The van der Waals surface area contributed by atoms with Gasteiger partial charge in [0.1, 0.15) is 4.84 Å². The molecule has 0 rings (SSSR count). The van der Waals surface area contributed by atoms with Gasteiger partial charge in [-0.1, -0.05) is 13.8 Å². The first-order valence-electron chi connectivity index (χ1n) is 2.01. The fourth-order valence-corrected chi connectivity index (χ4v) is 0. The molecule has 1 nitrogen and oxygen atoms in total. The van der Waals surface area contributed by atoms with Crippen molar-refractivity contribution in [2.75, 3.05) is 0 Å². The van der Waals surface area contributed by atoms with Crippen LogP contribution >= 0.6 is 23.2 Å². The lowest BCUT2D eigenvalue weighted by Crippen LogP contribution is -1.63. The summed E-state index contributed by atoms with van der Waals surface area (Å²) in [7, 11) is 0. The van der Waals surface area contributed by atoms with Crippen molar-refractivity contribution in [3.8, 4) is 0 Å². The van der Waals surface area contributed by atoms with Crippen molar-refractivity contribution >= 4 is 23.2 Å². The molecule has 48 valence electrons. The second-order valence-electron chi connectivity index (χ2n) is 0.519. The van der Waals surface area contributed by atoms with E-state index in [9.17, 15) is 0 Å². The third-order valence-corrected chi connectivity index (χ3v) is 0. The van der Waals surface area contributed by atoms with E-state index in [2.05, 4.69) is 0 Å². The van der Waals surface area contributed by atoms with Crippen molar-refractivity contribution in [3.63, 3.8) is 0 Å². The van der Waals surface area contributed by atoms with Gasteiger partial charge in [0.05, 0.1) is 0 Å². The molecule has 3 heteroatoms. The molecule has 0 aromatic carbocycles. The van der Waals surface area contributed by atoms with Crippen LogP contribution < -0.4 is 0 Å². The van der Waals surface area contributed by atoms with Crippen molar-refractivity contribution in [2.45, 2.75) is 25.6 Å². The van der Waals surface area contributed by atoms with E-state index in [-0.39, 0.29) is 10.3 Å². The third-order valence-electron chi connectivity index (χ3n) is 0. The monoisotopic (exact) mass is 146 g/mol. The molecule has 0 unspecified atom stereocenters. The van der Waals surface area contributed by atoms with E-state index < -0.39 is 0 Å². The zero-order chi connectivity index (χ0) is 5.58. The van der Waals surface area contributed by atoms with Crippen LogP contribution in [0.15, 0.2) is 0 Å². The number of alkyl halides is 2. The topological polar surface area (TPSA) is 31.5 Å². The highest BCUT2D eigenvalue weighted by Crippen LogP contribution is 1.95. The molecule has 0 aliphatic heterocycles. The molecule has 0 radical (unpaired) electrons. The zero-order valence-corrected chi connectivity index (χ0v) is 6.35. The molecule has 0 bridgehead atoms. The van der Waals surface area contributed by atoms with E-state index in [4.69, 9.17) is 23.2 Å². The van der Waals surface area contributed by atoms with Gasteiger partial charge in [0.25, 0.3) is 0 Å². The summed E-state index contributed by atoms with van der Waals surface area (Å²) in [6.07, 6.45) is 0. The average Bonchev–Trinajstić information content (AvgIpc) is 1.41. The summed E-state index contributed by atoms with van der Waals surface area (Å²) < 4.78 is 0. The van der Waals surface area contributed by atoms with Crippen LogP contribution in [0, 0.1) is 0 Å². The Morgan fingerprint density at radius 1 is 1.14 bits per heavy atom. The molecule has 0 aliphatic carbocycles. The van der Waals surface area contributed by atoms with Crippen LogP contribution in [0.2, 0.25) is 0 Å². The molecule has 0 aromatic rings. The van der Waals surface area contributed by atoms with Gasteiger partial charge < -0.3 is 5.48 Å². The van der Waals surface area contributed by atoms with E-state index in [0.29, 0.717) is 0 Å². The van der Waals surface area contributed by atoms with E-state index in [0.717, 1.165) is 0 Å². The second-order valence-corrected chi connectivity index (χ2v) is 2.05. The Morgan fingerprint density at radius 2 is 1.14 bits per heavy atom. The summed E-state index contributed by atoms with van der Waals surface area (Å²) in [5.41, 5.74) is 0. The van der Waals surface area contributed by atoms with Gasteiger partial charge in [-0.05, 0) is 6.92 Å². The standard InChI is InChI=1S/C2H4Cl2.C2H6.H2O/c1-2(3)4;1-2;/h2H,1H3;1-2H3;1H2. The molecule has 0 aliphatic rings. The molecule has 0 saturated heterocycles. The summed E-state index contributed by atoms with van der Waals surface area (Å²) in [5, 5.41) is 0. The van der Waals surface area contributed by atoms with Crippen molar-refractivity contribution in [2.24, 2.45) is 0 Å². The quantitative estimate of drug-likeness (QED) is 0.469. The summed E-state index contributed by atoms with van der Waals surface area (Å²) in [4.78, 5) is -0.222. The highest BCUT2D eigenvalue weighted by molar-refractivity contribution is 6.43. The minimum absolute atomic E-state index is 0. The van der Waals surface area contributed by atoms with Gasteiger partial charge in [0.15, 0.2) is 0 Å². The largest absolute Gasteiger partial charge is 0.412 e. The smallest absolute Gasteiger partial charge is 0.105 e. The van der Waals surface area contributed by atoms with Crippen LogP contribution in [0.4, 0.5) is 0 Å². The van der Waals surface area contributed by atoms with Crippen LogP contribution in [0.3, 0.4) is 0 Å². The Labute approximate surface area is 54.9 Å². The maximum absolute atomic E-state index is 5.04. The van der Waals surface area contributed by atoms with Crippen LogP contribution in [0.5, 0.6) is 0 Å². The first-order valence-corrected chi connectivity index (χ1v) is 2.89. The minimum atomic E-state index is -0.222. The first-order chi connectivity index (χ1) is 2.73. The van der Waals surface area contributed by atoms with E-state index in [1.54, 1.807) is 6.92 Å². The lowest BCUT2D eigenvalue weighted by Gasteiger charge is -1.72. The Kier molecular flexibility index (Phi) is 35.8. The molecule has 0 heterocycles. The van der Waals surface area contributed by atoms with Crippen LogP contribution in [0.25, 0.3) is 0 Å². The van der Waals surface area contributed by atoms with Gasteiger partial charge in [0, 0.05) is 0 Å². The Hall–Kier alpha value is 0.540. The van der Waals surface area contributed by atoms with E-state index in [1.807, 2.05) is 13.8 Å². The second kappa shape index (κ2) is 16.0. The summed E-state index contributed by atoms with van der Waals surface area (Å²) in [6, 6.07) is 0. The predicted octanol–water partition coefficient (Wildman–Crippen LogP) is 2.01. The molecule has 7 heavy (non-hydrogen) atoms. The fraction of sp³-hybridized carbons (Fsp3) is 1.00. The molecule has 0 amide bonds. The van der Waals surface area contributed by atoms with E-state index >= 15 is 0 Å². The maximum Gasteiger partial charge on any atom is 0.105 e. The van der Waals surface area contributed by atoms with E-state index in [1.165, 1.54) is 0 Å². The number of hydrogen-bond donors (Lipinski definition) is 0. The molecule has 0 spiro atoms. The van der Waals surface area contributed by atoms with Crippen LogP contribution in [-0.2, 0) is 0 Å². The SMILES string of the molecule is CC.CC(Cl)Cl.O. The molecule has 0 atom stereocenters. The van der Waals surface area contributed by atoms with Gasteiger partial charge in [-0.15, -0.1) is 23.2 Å².